The fourth-order valence-corrected chi connectivity index (χ4v) is 4.34. The van der Waals surface area contributed by atoms with Crippen LogP contribution in [0.4, 0.5) is 5.69 Å². The zero-order valence-corrected chi connectivity index (χ0v) is 22.3. The molecule has 1 unspecified atom stereocenters. The third-order valence-corrected chi connectivity index (χ3v) is 6.47. The number of para-hydroxylation sites is 1. The molecular weight excluding hydrogens is 526 g/mol. The van der Waals surface area contributed by atoms with E-state index >= 15 is 0 Å². The van der Waals surface area contributed by atoms with E-state index in [1.54, 1.807) is 49.4 Å². The van der Waals surface area contributed by atoms with Crippen molar-refractivity contribution in [3.05, 3.63) is 107 Å². The van der Waals surface area contributed by atoms with Crippen LogP contribution in [0.1, 0.15) is 36.2 Å². The van der Waals surface area contributed by atoms with Crippen molar-refractivity contribution in [1.82, 2.24) is 9.88 Å². The molecule has 41 heavy (non-hydrogen) atoms. The van der Waals surface area contributed by atoms with E-state index < -0.39 is 54.2 Å². The maximum absolute atomic E-state index is 13.3. The van der Waals surface area contributed by atoms with Crippen molar-refractivity contribution in [2.45, 2.75) is 31.8 Å². The zero-order chi connectivity index (χ0) is 29.4. The molecule has 0 aliphatic heterocycles. The third kappa shape index (κ3) is 7.24. The Morgan fingerprint density at radius 2 is 1.61 bits per heavy atom. The van der Waals surface area contributed by atoms with Gasteiger partial charge in [-0.3, -0.25) is 24.0 Å². The lowest BCUT2D eigenvalue weighted by molar-refractivity contribution is -0.140. The number of benzene rings is 3. The van der Waals surface area contributed by atoms with Crippen LogP contribution in [-0.4, -0.2) is 45.9 Å². The number of aromatic nitrogens is 1. The van der Waals surface area contributed by atoms with Crippen molar-refractivity contribution in [2.24, 2.45) is 0 Å². The molecule has 3 N–H and O–H groups in total. The second-order valence-electron chi connectivity index (χ2n) is 9.30. The number of carboxylic acid groups (broad SMARTS) is 1. The summed E-state index contributed by atoms with van der Waals surface area (Å²) in [6, 6.07) is 21.7. The van der Waals surface area contributed by atoms with E-state index in [-0.39, 0.29) is 12.1 Å². The number of aliphatic carboxylic acids is 1. The molecule has 0 bridgehead atoms. The average Bonchev–Trinajstić information content (AvgIpc) is 2.97. The topological polar surface area (TPSA) is 144 Å². The molecular formula is C31H29N3O7. The summed E-state index contributed by atoms with van der Waals surface area (Å²) in [5.74, 6) is -2.71. The number of nitrogens with one attached hydrogen (secondary N) is 2. The first-order valence-electron chi connectivity index (χ1n) is 13.0. The summed E-state index contributed by atoms with van der Waals surface area (Å²) >= 11 is 0. The van der Waals surface area contributed by atoms with Crippen molar-refractivity contribution in [3.63, 3.8) is 0 Å². The Hall–Kier alpha value is -5.25. The van der Waals surface area contributed by atoms with Crippen LogP contribution < -0.4 is 20.9 Å². The van der Waals surface area contributed by atoms with Gasteiger partial charge in [0, 0.05) is 11.8 Å². The smallest absolute Gasteiger partial charge is 0.305 e. The third-order valence-electron chi connectivity index (χ3n) is 6.47. The van der Waals surface area contributed by atoms with Gasteiger partial charge in [0.1, 0.15) is 30.1 Å². The van der Waals surface area contributed by atoms with E-state index in [2.05, 4.69) is 10.6 Å². The normalized spacial score (nSPS) is 12.2. The number of ketones is 1. The number of Topliss-reactive ketones (excluding diaryl/α,β-unsaturated/α-hetero) is 1. The highest BCUT2D eigenvalue weighted by Crippen LogP contribution is 2.17. The largest absolute Gasteiger partial charge is 0.486 e. The van der Waals surface area contributed by atoms with Crippen molar-refractivity contribution in [3.8, 4) is 5.75 Å². The van der Waals surface area contributed by atoms with E-state index in [9.17, 15) is 29.1 Å². The highest BCUT2D eigenvalue weighted by Gasteiger charge is 2.28. The van der Waals surface area contributed by atoms with E-state index in [4.69, 9.17) is 4.74 Å². The van der Waals surface area contributed by atoms with Crippen molar-refractivity contribution < 1.29 is 29.0 Å². The van der Waals surface area contributed by atoms with E-state index in [1.165, 1.54) is 18.3 Å². The highest BCUT2D eigenvalue weighted by molar-refractivity contribution is 6.06. The minimum Gasteiger partial charge on any atom is -0.486 e. The Morgan fingerprint density at radius 1 is 0.902 bits per heavy atom. The summed E-state index contributed by atoms with van der Waals surface area (Å²) < 4.78 is 6.57. The maximum atomic E-state index is 13.3. The standard InChI is InChI=1S/C31H29N3O7/c1-2-26(30(39)33-25(18-28(36)37)27(35)19-41-23-11-4-3-5-12-23)34-16-8-13-24(31(34)40)32-29(38)22-15-14-20-9-6-7-10-21(20)17-22/h3-17,25-26H,2,18-19H2,1H3,(H,32,38)(H,33,39)(H,36,37)/t25-,26?/m0/s1. The van der Waals surface area contributed by atoms with Crippen molar-refractivity contribution in [2.75, 3.05) is 11.9 Å². The summed E-state index contributed by atoms with van der Waals surface area (Å²) in [7, 11) is 0. The van der Waals surface area contributed by atoms with Crippen LogP contribution in [0.15, 0.2) is 95.9 Å². The number of carboxylic acids is 1. The predicted molar refractivity (Wildman–Crippen MR) is 153 cm³/mol. The molecule has 0 saturated heterocycles. The molecule has 2 amide bonds. The zero-order valence-electron chi connectivity index (χ0n) is 22.3. The number of rotatable bonds is 12. The second kappa shape index (κ2) is 13.2. The first kappa shape index (κ1) is 28.8. The van der Waals surface area contributed by atoms with E-state index in [1.807, 2.05) is 30.3 Å². The molecule has 3 aromatic carbocycles. The van der Waals surface area contributed by atoms with Gasteiger partial charge in [-0.1, -0.05) is 55.5 Å². The SMILES string of the molecule is CCC(C(=O)N[C@@H](CC(=O)O)C(=O)COc1ccccc1)n1cccc(NC(=O)c2ccc3ccccc3c2)c1=O. The highest BCUT2D eigenvalue weighted by atomic mass is 16.5. The van der Waals surface area contributed by atoms with Gasteiger partial charge in [-0.2, -0.15) is 0 Å². The molecule has 4 aromatic rings. The molecule has 4 rings (SSSR count). The lowest BCUT2D eigenvalue weighted by Crippen LogP contribution is -2.48. The lowest BCUT2D eigenvalue weighted by Gasteiger charge is -2.22. The molecule has 0 spiro atoms. The van der Waals surface area contributed by atoms with Gasteiger partial charge in [0.05, 0.1) is 6.42 Å². The number of hydrogen-bond donors (Lipinski definition) is 3. The Kier molecular flexibility index (Phi) is 9.26. The van der Waals surface area contributed by atoms with Crippen LogP contribution in [0.3, 0.4) is 0 Å². The number of nitrogens with zero attached hydrogens (tertiary/aromatic N) is 1. The number of hydrogen-bond acceptors (Lipinski definition) is 6. The predicted octanol–water partition coefficient (Wildman–Crippen LogP) is 3.81. The monoisotopic (exact) mass is 555 g/mol. The number of anilines is 1. The van der Waals surface area contributed by atoms with Gasteiger partial charge in [0.15, 0.2) is 5.78 Å². The molecule has 0 aliphatic rings. The fraction of sp³-hybridized carbons (Fsp3) is 0.194. The number of carbonyl (C=O) groups is 4. The number of amides is 2. The van der Waals surface area contributed by atoms with Gasteiger partial charge in [-0.25, -0.2) is 0 Å². The van der Waals surface area contributed by atoms with E-state index in [0.717, 1.165) is 15.3 Å². The van der Waals surface area contributed by atoms with E-state index in [0.29, 0.717) is 11.3 Å². The van der Waals surface area contributed by atoms with Gasteiger partial charge in [0.2, 0.25) is 5.91 Å². The quantitative estimate of drug-likeness (QED) is 0.241. The Bertz CT molecular complexity index is 1630. The summed E-state index contributed by atoms with van der Waals surface area (Å²) in [5, 5.41) is 16.2. The molecule has 10 nitrogen and oxygen atoms in total. The minimum atomic E-state index is -1.37. The minimum absolute atomic E-state index is 0.0358. The van der Waals surface area contributed by atoms with Crippen LogP contribution in [-0.2, 0) is 14.4 Å². The summed E-state index contributed by atoms with van der Waals surface area (Å²) in [6.45, 7) is 1.22. The molecule has 0 fully saturated rings. The Labute approximate surface area is 235 Å². The number of ether oxygens (including phenoxy) is 1. The fourth-order valence-electron chi connectivity index (χ4n) is 4.34. The Balaban J connectivity index is 1.49. The van der Waals surface area contributed by atoms with Crippen LogP contribution in [0, 0.1) is 0 Å². The van der Waals surface area contributed by atoms with Gasteiger partial charge < -0.3 is 25.0 Å². The number of fused-ring (bicyclic) bond motifs is 1. The summed E-state index contributed by atoms with van der Waals surface area (Å²) in [4.78, 5) is 63.7. The first-order chi connectivity index (χ1) is 19.8. The lowest BCUT2D eigenvalue weighted by atomic mass is 10.1. The van der Waals surface area contributed by atoms with Gasteiger partial charge in [0.25, 0.3) is 11.5 Å². The summed E-state index contributed by atoms with van der Waals surface area (Å²) in [5.41, 5.74) is -0.306. The molecule has 0 radical (unpaired) electrons. The van der Waals surface area contributed by atoms with Crippen LogP contribution in [0.2, 0.25) is 0 Å². The Morgan fingerprint density at radius 3 is 2.32 bits per heavy atom. The van der Waals surface area contributed by atoms with Gasteiger partial charge in [-0.05, 0) is 53.6 Å². The molecule has 10 heteroatoms. The van der Waals surface area contributed by atoms with Gasteiger partial charge >= 0.3 is 5.97 Å². The maximum Gasteiger partial charge on any atom is 0.305 e. The van der Waals surface area contributed by atoms with Gasteiger partial charge in [-0.15, -0.1) is 0 Å². The molecule has 210 valence electrons. The average molecular weight is 556 g/mol. The van der Waals surface area contributed by atoms with Crippen molar-refractivity contribution >= 4 is 40.0 Å². The second-order valence-corrected chi connectivity index (χ2v) is 9.30. The van der Waals surface area contributed by atoms with Crippen LogP contribution in [0.5, 0.6) is 5.75 Å². The molecule has 1 aromatic heterocycles. The molecule has 0 saturated carbocycles. The molecule has 2 atom stereocenters. The molecule has 1 heterocycles. The molecule has 0 aliphatic carbocycles. The summed E-state index contributed by atoms with van der Waals surface area (Å²) in [6.07, 6.45) is 0.895. The first-order valence-corrected chi connectivity index (χ1v) is 13.0. The van der Waals surface area contributed by atoms with Crippen LogP contribution >= 0.6 is 0 Å². The number of carbonyl (C=O) groups excluding carboxylic acids is 3. The van der Waals surface area contributed by atoms with Crippen molar-refractivity contribution in [1.29, 1.82) is 0 Å². The number of pyridine rings is 1. The van der Waals surface area contributed by atoms with Crippen LogP contribution in [0.25, 0.3) is 10.8 Å².